The van der Waals surface area contributed by atoms with Gasteiger partial charge >= 0.3 is 0 Å². The van der Waals surface area contributed by atoms with Gasteiger partial charge in [-0.05, 0) is 24.6 Å². The summed E-state index contributed by atoms with van der Waals surface area (Å²) >= 11 is 11.5. The van der Waals surface area contributed by atoms with Crippen molar-refractivity contribution < 1.29 is 13.2 Å². The highest BCUT2D eigenvalue weighted by Gasteiger charge is 2.08. The van der Waals surface area contributed by atoms with Crippen molar-refractivity contribution in [3.63, 3.8) is 0 Å². The second-order valence-corrected chi connectivity index (χ2v) is 6.94. The van der Waals surface area contributed by atoms with E-state index in [0.717, 1.165) is 6.26 Å². The van der Waals surface area contributed by atoms with Gasteiger partial charge in [0.05, 0.1) is 15.8 Å². The van der Waals surface area contributed by atoms with Crippen LogP contribution in [0.3, 0.4) is 0 Å². The van der Waals surface area contributed by atoms with E-state index in [9.17, 15) is 13.2 Å². The van der Waals surface area contributed by atoms with E-state index >= 15 is 0 Å². The van der Waals surface area contributed by atoms with Crippen LogP contribution in [0.5, 0.6) is 0 Å². The zero-order valence-corrected chi connectivity index (χ0v) is 12.1. The summed E-state index contributed by atoms with van der Waals surface area (Å²) in [5.41, 5.74) is 0.392. The Balaban J connectivity index is 2.48. The van der Waals surface area contributed by atoms with Crippen molar-refractivity contribution in [2.24, 2.45) is 0 Å². The zero-order chi connectivity index (χ0) is 13.8. The Bertz CT molecular complexity index is 543. The fraction of sp³-hybridized carbons (Fsp3) is 0.364. The minimum Gasteiger partial charge on any atom is -0.352 e. The molecule has 1 amide bonds. The van der Waals surface area contributed by atoms with Crippen molar-refractivity contribution in [3.05, 3.63) is 33.8 Å². The Morgan fingerprint density at radius 1 is 1.28 bits per heavy atom. The SMILES string of the molecule is CS(=O)(=O)CCCNC(=O)c1ccc(Cl)c(Cl)c1. The number of nitrogens with one attached hydrogen (secondary N) is 1. The number of hydrogen-bond donors (Lipinski definition) is 1. The highest BCUT2D eigenvalue weighted by molar-refractivity contribution is 7.90. The summed E-state index contributed by atoms with van der Waals surface area (Å²) in [6.07, 6.45) is 1.54. The molecule has 0 radical (unpaired) electrons. The minimum atomic E-state index is -2.99. The predicted octanol–water partition coefficient (Wildman–Crippen LogP) is 2.16. The van der Waals surface area contributed by atoms with Crippen LogP contribution in [0.4, 0.5) is 0 Å². The molecular weight excluding hydrogens is 297 g/mol. The molecule has 1 aromatic carbocycles. The molecule has 0 spiro atoms. The van der Waals surface area contributed by atoms with Crippen LogP contribution in [0.2, 0.25) is 10.0 Å². The minimum absolute atomic E-state index is 0.0503. The number of benzene rings is 1. The van der Waals surface area contributed by atoms with E-state index < -0.39 is 9.84 Å². The number of halogens is 2. The molecule has 7 heteroatoms. The molecule has 1 N–H and O–H groups in total. The van der Waals surface area contributed by atoms with Gasteiger partial charge in [0, 0.05) is 18.4 Å². The Morgan fingerprint density at radius 2 is 1.94 bits per heavy atom. The first-order chi connectivity index (χ1) is 8.29. The van der Waals surface area contributed by atoms with E-state index in [-0.39, 0.29) is 11.7 Å². The largest absolute Gasteiger partial charge is 0.352 e. The van der Waals surface area contributed by atoms with E-state index in [0.29, 0.717) is 28.6 Å². The molecular formula is C11H13Cl2NO3S. The lowest BCUT2D eigenvalue weighted by Gasteiger charge is -2.05. The number of sulfone groups is 1. The standard InChI is InChI=1S/C11H13Cl2NO3S/c1-18(16,17)6-2-5-14-11(15)8-3-4-9(12)10(13)7-8/h3-4,7H,2,5-6H2,1H3,(H,14,15). The summed E-state index contributed by atoms with van der Waals surface area (Å²) < 4.78 is 21.8. The highest BCUT2D eigenvalue weighted by atomic mass is 35.5. The normalized spacial score (nSPS) is 11.3. The Kier molecular flexibility index (Phi) is 5.44. The van der Waals surface area contributed by atoms with Gasteiger partial charge in [0.25, 0.3) is 5.91 Å². The third kappa shape index (κ3) is 5.25. The van der Waals surface area contributed by atoms with Crippen LogP contribution in [-0.2, 0) is 9.84 Å². The number of rotatable bonds is 5. The van der Waals surface area contributed by atoms with Crippen LogP contribution >= 0.6 is 23.2 Å². The second-order valence-electron chi connectivity index (χ2n) is 3.87. The fourth-order valence-corrected chi connectivity index (χ4v) is 2.24. The average molecular weight is 310 g/mol. The van der Waals surface area contributed by atoms with Gasteiger partial charge in [-0.2, -0.15) is 0 Å². The smallest absolute Gasteiger partial charge is 0.251 e. The Labute approximate surface area is 116 Å². The van der Waals surface area contributed by atoms with Crippen LogP contribution in [0.15, 0.2) is 18.2 Å². The van der Waals surface area contributed by atoms with Crippen LogP contribution < -0.4 is 5.32 Å². The number of carbonyl (C=O) groups excluding carboxylic acids is 1. The van der Waals surface area contributed by atoms with Crippen molar-refractivity contribution in [1.82, 2.24) is 5.32 Å². The van der Waals surface area contributed by atoms with Gasteiger partial charge in [-0.3, -0.25) is 4.79 Å². The average Bonchev–Trinajstić information content (AvgIpc) is 2.26. The topological polar surface area (TPSA) is 63.2 Å². The molecule has 0 aromatic heterocycles. The lowest BCUT2D eigenvalue weighted by atomic mass is 10.2. The Morgan fingerprint density at radius 3 is 2.50 bits per heavy atom. The van der Waals surface area contributed by atoms with Crippen molar-refractivity contribution in [3.8, 4) is 0 Å². The fourth-order valence-electron chi connectivity index (χ4n) is 1.28. The number of hydrogen-bond acceptors (Lipinski definition) is 3. The van der Waals surface area contributed by atoms with Crippen molar-refractivity contribution >= 4 is 38.9 Å². The first-order valence-corrected chi connectivity index (χ1v) is 8.02. The van der Waals surface area contributed by atoms with E-state index in [1.165, 1.54) is 12.1 Å². The van der Waals surface area contributed by atoms with Gasteiger partial charge < -0.3 is 5.32 Å². The lowest BCUT2D eigenvalue weighted by Crippen LogP contribution is -2.25. The summed E-state index contributed by atoms with van der Waals surface area (Å²) in [4.78, 5) is 11.7. The first-order valence-electron chi connectivity index (χ1n) is 5.20. The molecule has 100 valence electrons. The number of carbonyl (C=O) groups is 1. The van der Waals surface area contributed by atoms with Gasteiger partial charge in [0.15, 0.2) is 0 Å². The van der Waals surface area contributed by atoms with E-state index in [2.05, 4.69) is 5.32 Å². The molecule has 0 bridgehead atoms. The molecule has 0 unspecified atom stereocenters. The maximum absolute atomic E-state index is 11.7. The zero-order valence-electron chi connectivity index (χ0n) is 9.74. The summed E-state index contributed by atoms with van der Waals surface area (Å²) in [6, 6.07) is 4.56. The Hall–Kier alpha value is -0.780. The molecule has 0 saturated carbocycles. The third-order valence-electron chi connectivity index (χ3n) is 2.16. The van der Waals surface area contributed by atoms with Gasteiger partial charge in [-0.1, -0.05) is 23.2 Å². The van der Waals surface area contributed by atoms with Crippen molar-refractivity contribution in [1.29, 1.82) is 0 Å². The van der Waals surface area contributed by atoms with E-state index in [1.807, 2.05) is 0 Å². The van der Waals surface area contributed by atoms with E-state index in [4.69, 9.17) is 23.2 Å². The molecule has 1 rings (SSSR count). The molecule has 0 aliphatic rings. The molecule has 0 aliphatic carbocycles. The van der Waals surface area contributed by atoms with Crippen molar-refractivity contribution in [2.75, 3.05) is 18.6 Å². The lowest BCUT2D eigenvalue weighted by molar-refractivity contribution is 0.0953. The molecule has 0 aliphatic heterocycles. The van der Waals surface area contributed by atoms with Crippen LogP contribution in [0.1, 0.15) is 16.8 Å². The monoisotopic (exact) mass is 309 g/mol. The second kappa shape index (κ2) is 6.41. The quantitative estimate of drug-likeness (QED) is 0.848. The summed E-state index contributed by atoms with van der Waals surface area (Å²) in [5, 5.41) is 3.30. The molecule has 0 fully saturated rings. The van der Waals surface area contributed by atoms with Gasteiger partial charge in [-0.15, -0.1) is 0 Å². The van der Waals surface area contributed by atoms with Gasteiger partial charge in [0.1, 0.15) is 9.84 Å². The summed E-state index contributed by atoms with van der Waals surface area (Å²) in [7, 11) is -2.99. The molecule has 0 heterocycles. The van der Waals surface area contributed by atoms with Gasteiger partial charge in [0.2, 0.25) is 0 Å². The van der Waals surface area contributed by atoms with Crippen LogP contribution in [0, 0.1) is 0 Å². The first kappa shape index (κ1) is 15.3. The summed E-state index contributed by atoms with van der Waals surface area (Å²) in [5.74, 6) is -0.253. The third-order valence-corrected chi connectivity index (χ3v) is 3.93. The van der Waals surface area contributed by atoms with Crippen LogP contribution in [-0.4, -0.2) is 32.9 Å². The van der Waals surface area contributed by atoms with Crippen LogP contribution in [0.25, 0.3) is 0 Å². The molecule has 0 atom stereocenters. The highest BCUT2D eigenvalue weighted by Crippen LogP contribution is 2.22. The summed E-state index contributed by atoms with van der Waals surface area (Å²) in [6.45, 7) is 0.298. The molecule has 1 aromatic rings. The molecule has 0 saturated heterocycles. The molecule has 18 heavy (non-hydrogen) atoms. The molecule has 4 nitrogen and oxygen atoms in total. The van der Waals surface area contributed by atoms with Crippen molar-refractivity contribution in [2.45, 2.75) is 6.42 Å². The maximum atomic E-state index is 11.7. The predicted molar refractivity (Wildman–Crippen MR) is 73.1 cm³/mol. The number of amides is 1. The maximum Gasteiger partial charge on any atom is 0.251 e. The van der Waals surface area contributed by atoms with E-state index in [1.54, 1.807) is 6.07 Å². The van der Waals surface area contributed by atoms with Gasteiger partial charge in [-0.25, -0.2) is 8.42 Å².